The molecule has 0 spiro atoms. The lowest BCUT2D eigenvalue weighted by atomic mass is 10.2. The highest BCUT2D eigenvalue weighted by Gasteiger charge is 2.12. The number of hydrogen-bond donors (Lipinski definition) is 1. The molecule has 2 rings (SSSR count). The zero-order valence-corrected chi connectivity index (χ0v) is 15.7. The van der Waals surface area contributed by atoms with Crippen molar-refractivity contribution in [3.05, 3.63) is 54.1 Å². The Bertz CT molecular complexity index is 833. The number of methoxy groups -OCH3 is 1. The summed E-state index contributed by atoms with van der Waals surface area (Å²) in [6, 6.07) is 13.5. The standard InChI is InChI=1S/C18H22N2O5S/c1-20(26(3,22)23)15-6-4-14(5-7-15)18(21)19-12-13-25-17-10-8-16(24-2)9-11-17/h4-11H,12-13H2,1-3H3,(H,19,21). The second kappa shape index (κ2) is 8.57. The number of rotatable bonds is 8. The number of amides is 1. The van der Waals surface area contributed by atoms with E-state index in [0.717, 1.165) is 16.3 Å². The average Bonchev–Trinajstić information content (AvgIpc) is 2.64. The Hall–Kier alpha value is -2.74. The Morgan fingerprint density at radius 3 is 2.15 bits per heavy atom. The van der Waals surface area contributed by atoms with Crippen molar-refractivity contribution in [2.24, 2.45) is 0 Å². The number of nitrogens with zero attached hydrogens (tertiary/aromatic N) is 1. The smallest absolute Gasteiger partial charge is 0.251 e. The number of anilines is 1. The second-order valence-electron chi connectivity index (χ2n) is 5.56. The first-order valence-electron chi connectivity index (χ1n) is 7.90. The summed E-state index contributed by atoms with van der Waals surface area (Å²) < 4.78 is 34.8. The van der Waals surface area contributed by atoms with Gasteiger partial charge in [0.15, 0.2) is 0 Å². The molecule has 0 aliphatic heterocycles. The van der Waals surface area contributed by atoms with Crippen LogP contribution >= 0.6 is 0 Å². The van der Waals surface area contributed by atoms with E-state index in [1.54, 1.807) is 55.6 Å². The molecule has 2 aromatic carbocycles. The first kappa shape index (κ1) is 19.6. The van der Waals surface area contributed by atoms with Crippen LogP contribution in [-0.2, 0) is 10.0 Å². The average molecular weight is 378 g/mol. The Kier molecular flexibility index (Phi) is 6.46. The summed E-state index contributed by atoms with van der Waals surface area (Å²) in [6.45, 7) is 0.669. The van der Waals surface area contributed by atoms with Crippen LogP contribution in [0.5, 0.6) is 11.5 Å². The Labute approximate surface area is 153 Å². The molecule has 0 unspecified atom stereocenters. The van der Waals surface area contributed by atoms with Crippen LogP contribution in [0.3, 0.4) is 0 Å². The van der Waals surface area contributed by atoms with E-state index in [1.807, 2.05) is 0 Å². The fourth-order valence-corrected chi connectivity index (χ4v) is 2.63. The number of sulfonamides is 1. The molecule has 140 valence electrons. The molecule has 0 aromatic heterocycles. The lowest BCUT2D eigenvalue weighted by molar-refractivity contribution is 0.0947. The quantitative estimate of drug-likeness (QED) is 0.709. The Morgan fingerprint density at radius 2 is 1.62 bits per heavy atom. The Balaban J connectivity index is 1.82. The van der Waals surface area contributed by atoms with Crippen LogP contribution in [0.2, 0.25) is 0 Å². The summed E-state index contributed by atoms with van der Waals surface area (Å²) in [5.41, 5.74) is 0.937. The number of ether oxygens (including phenoxy) is 2. The molecule has 0 aliphatic carbocycles. The fourth-order valence-electron chi connectivity index (χ4n) is 2.12. The van der Waals surface area contributed by atoms with Gasteiger partial charge in [-0.2, -0.15) is 0 Å². The van der Waals surface area contributed by atoms with Crippen LogP contribution in [-0.4, -0.2) is 47.9 Å². The molecule has 0 aliphatic rings. The zero-order chi connectivity index (χ0) is 19.2. The molecule has 0 saturated carbocycles. The maximum Gasteiger partial charge on any atom is 0.251 e. The van der Waals surface area contributed by atoms with Crippen molar-refractivity contribution in [2.45, 2.75) is 0 Å². The lowest BCUT2D eigenvalue weighted by Crippen LogP contribution is -2.28. The van der Waals surface area contributed by atoms with Crippen molar-refractivity contribution in [3.63, 3.8) is 0 Å². The first-order valence-corrected chi connectivity index (χ1v) is 9.75. The minimum absolute atomic E-state index is 0.253. The first-order chi connectivity index (χ1) is 12.3. The third-order valence-corrected chi connectivity index (χ3v) is 4.91. The highest BCUT2D eigenvalue weighted by Crippen LogP contribution is 2.17. The minimum atomic E-state index is -3.33. The van der Waals surface area contributed by atoms with Crippen LogP contribution in [0, 0.1) is 0 Å². The van der Waals surface area contributed by atoms with Gasteiger partial charge in [0.2, 0.25) is 10.0 Å². The van der Waals surface area contributed by atoms with E-state index in [-0.39, 0.29) is 5.91 Å². The number of carbonyl (C=O) groups excluding carboxylic acids is 1. The van der Waals surface area contributed by atoms with E-state index in [4.69, 9.17) is 9.47 Å². The van der Waals surface area contributed by atoms with Crippen LogP contribution in [0.25, 0.3) is 0 Å². The molecular formula is C18H22N2O5S. The number of hydrogen-bond acceptors (Lipinski definition) is 5. The third-order valence-electron chi connectivity index (χ3n) is 3.71. The van der Waals surface area contributed by atoms with Crippen LogP contribution in [0.15, 0.2) is 48.5 Å². The van der Waals surface area contributed by atoms with E-state index in [1.165, 1.54) is 7.05 Å². The van der Waals surface area contributed by atoms with Gasteiger partial charge >= 0.3 is 0 Å². The monoisotopic (exact) mass is 378 g/mol. The van der Waals surface area contributed by atoms with Crippen molar-refractivity contribution < 1.29 is 22.7 Å². The van der Waals surface area contributed by atoms with Crippen molar-refractivity contribution in [1.29, 1.82) is 0 Å². The SMILES string of the molecule is COc1ccc(OCCNC(=O)c2ccc(N(C)S(C)(=O)=O)cc2)cc1. The molecule has 0 heterocycles. The van der Waals surface area contributed by atoms with Gasteiger partial charge < -0.3 is 14.8 Å². The topological polar surface area (TPSA) is 84.9 Å². The van der Waals surface area contributed by atoms with Crippen molar-refractivity contribution >= 4 is 21.6 Å². The fraction of sp³-hybridized carbons (Fsp3) is 0.278. The van der Waals surface area contributed by atoms with Gasteiger partial charge in [-0.25, -0.2) is 8.42 Å². The number of nitrogens with one attached hydrogen (secondary N) is 1. The molecule has 0 fully saturated rings. The summed E-state index contributed by atoms with van der Waals surface area (Å²) in [5, 5.41) is 2.75. The lowest BCUT2D eigenvalue weighted by Gasteiger charge is -2.16. The molecule has 0 radical (unpaired) electrons. The van der Waals surface area contributed by atoms with Crippen LogP contribution in [0.4, 0.5) is 5.69 Å². The van der Waals surface area contributed by atoms with Gasteiger partial charge in [-0.15, -0.1) is 0 Å². The summed E-state index contributed by atoms with van der Waals surface area (Å²) in [7, 11) is -0.275. The summed E-state index contributed by atoms with van der Waals surface area (Å²) >= 11 is 0. The molecule has 0 atom stereocenters. The van der Waals surface area contributed by atoms with E-state index in [0.29, 0.717) is 30.2 Å². The predicted octanol–water partition coefficient (Wildman–Crippen LogP) is 1.90. The van der Waals surface area contributed by atoms with E-state index in [2.05, 4.69) is 5.32 Å². The molecule has 1 N–H and O–H groups in total. The molecule has 2 aromatic rings. The normalized spacial score (nSPS) is 10.9. The summed E-state index contributed by atoms with van der Waals surface area (Å²) in [6.07, 6.45) is 1.12. The van der Waals surface area contributed by atoms with Gasteiger partial charge in [-0.05, 0) is 48.5 Å². The van der Waals surface area contributed by atoms with E-state index in [9.17, 15) is 13.2 Å². The molecule has 0 bridgehead atoms. The maximum absolute atomic E-state index is 12.1. The van der Waals surface area contributed by atoms with Gasteiger partial charge in [-0.1, -0.05) is 0 Å². The number of carbonyl (C=O) groups is 1. The highest BCUT2D eigenvalue weighted by molar-refractivity contribution is 7.92. The predicted molar refractivity (Wildman–Crippen MR) is 101 cm³/mol. The van der Waals surface area contributed by atoms with Gasteiger partial charge in [-0.3, -0.25) is 9.10 Å². The van der Waals surface area contributed by atoms with E-state index < -0.39 is 10.0 Å². The summed E-state index contributed by atoms with van der Waals surface area (Å²) in [4.78, 5) is 12.1. The third kappa shape index (κ3) is 5.38. The van der Waals surface area contributed by atoms with Crippen LogP contribution in [0.1, 0.15) is 10.4 Å². The molecular weight excluding hydrogens is 356 g/mol. The maximum atomic E-state index is 12.1. The summed E-state index contributed by atoms with van der Waals surface area (Å²) in [5.74, 6) is 1.18. The molecule has 0 saturated heterocycles. The van der Waals surface area contributed by atoms with Gasteiger partial charge in [0.05, 0.1) is 25.6 Å². The van der Waals surface area contributed by atoms with Crippen LogP contribution < -0.4 is 19.1 Å². The van der Waals surface area contributed by atoms with Crippen molar-refractivity contribution in [3.8, 4) is 11.5 Å². The van der Waals surface area contributed by atoms with Gasteiger partial charge in [0.25, 0.3) is 5.91 Å². The van der Waals surface area contributed by atoms with E-state index >= 15 is 0 Å². The largest absolute Gasteiger partial charge is 0.497 e. The van der Waals surface area contributed by atoms with Crippen molar-refractivity contribution in [2.75, 3.05) is 37.9 Å². The Morgan fingerprint density at radius 1 is 1.04 bits per heavy atom. The molecule has 7 nitrogen and oxygen atoms in total. The van der Waals surface area contributed by atoms with Crippen molar-refractivity contribution in [1.82, 2.24) is 5.32 Å². The molecule has 8 heteroatoms. The second-order valence-corrected chi connectivity index (χ2v) is 7.57. The highest BCUT2D eigenvalue weighted by atomic mass is 32.2. The van der Waals surface area contributed by atoms with Gasteiger partial charge in [0.1, 0.15) is 18.1 Å². The number of benzene rings is 2. The molecule has 1 amide bonds. The zero-order valence-electron chi connectivity index (χ0n) is 14.9. The molecule has 26 heavy (non-hydrogen) atoms. The van der Waals surface area contributed by atoms with Gasteiger partial charge in [0, 0.05) is 12.6 Å². The minimum Gasteiger partial charge on any atom is -0.497 e.